The summed E-state index contributed by atoms with van der Waals surface area (Å²) in [5.74, 6) is 1.90. The number of aryl methyl sites for hydroxylation is 2. The summed E-state index contributed by atoms with van der Waals surface area (Å²) in [5.41, 5.74) is 11.1. The third kappa shape index (κ3) is 3.86. The molecular weight excluding hydrogens is 478 g/mol. The molecule has 1 aliphatic heterocycles. The van der Waals surface area contributed by atoms with E-state index in [4.69, 9.17) is 9.97 Å². The number of nitrogens with zero attached hydrogens (tertiary/aromatic N) is 5. The molecule has 0 atom stereocenters. The van der Waals surface area contributed by atoms with E-state index in [0.717, 1.165) is 46.3 Å². The zero-order valence-corrected chi connectivity index (χ0v) is 22.3. The molecule has 190 valence electrons. The van der Waals surface area contributed by atoms with Gasteiger partial charge in [0.2, 0.25) is 0 Å². The van der Waals surface area contributed by atoms with Crippen LogP contribution in [0, 0.1) is 13.8 Å². The van der Waals surface area contributed by atoms with Crippen molar-refractivity contribution in [1.82, 2.24) is 14.5 Å². The maximum atomic E-state index is 5.16. The first kappa shape index (κ1) is 23.2. The molecule has 0 aliphatic carbocycles. The average molecular weight is 508 g/mol. The Morgan fingerprint density at radius 1 is 0.667 bits per heavy atom. The molecule has 5 heteroatoms. The highest BCUT2D eigenvalue weighted by atomic mass is 15.4. The van der Waals surface area contributed by atoms with Crippen LogP contribution in [0.25, 0.3) is 39.4 Å². The Bertz CT molecular complexity index is 1820. The van der Waals surface area contributed by atoms with Crippen LogP contribution in [-0.2, 0) is 0 Å². The van der Waals surface area contributed by atoms with Gasteiger partial charge in [-0.05, 0) is 73.5 Å². The summed E-state index contributed by atoms with van der Waals surface area (Å²) < 4.78 is 2.28. The third-order valence-corrected chi connectivity index (χ3v) is 7.62. The van der Waals surface area contributed by atoms with Gasteiger partial charge >= 0.3 is 0 Å². The molecule has 2 aromatic heterocycles. The molecule has 0 fully saturated rings. The van der Waals surface area contributed by atoms with Crippen molar-refractivity contribution in [1.29, 1.82) is 0 Å². The lowest BCUT2D eigenvalue weighted by molar-refractivity contribution is 0.934. The fourth-order valence-electron chi connectivity index (χ4n) is 5.72. The molecule has 7 rings (SSSR count). The van der Waals surface area contributed by atoms with Gasteiger partial charge in [-0.15, -0.1) is 0 Å². The quantitative estimate of drug-likeness (QED) is 0.243. The van der Waals surface area contributed by atoms with Crippen LogP contribution in [0.2, 0.25) is 0 Å². The summed E-state index contributed by atoms with van der Waals surface area (Å²) >= 11 is 0. The third-order valence-electron chi connectivity index (χ3n) is 7.62. The fraction of sp³-hybridized carbons (Fsp3) is 0.118. The normalized spacial score (nSPS) is 12.8. The first-order chi connectivity index (χ1) is 19.1. The van der Waals surface area contributed by atoms with E-state index in [9.17, 15) is 0 Å². The maximum Gasteiger partial charge on any atom is 0.146 e. The number of anilines is 3. The molecule has 1 aliphatic rings. The fourth-order valence-corrected chi connectivity index (χ4v) is 5.72. The van der Waals surface area contributed by atoms with Gasteiger partial charge in [-0.1, -0.05) is 60.7 Å². The number of hydrogen-bond acceptors (Lipinski definition) is 4. The van der Waals surface area contributed by atoms with Crippen LogP contribution in [0.4, 0.5) is 17.2 Å². The first-order valence-corrected chi connectivity index (χ1v) is 13.3. The number of rotatable bonds is 4. The van der Waals surface area contributed by atoms with Crippen LogP contribution in [-0.4, -0.2) is 28.3 Å². The number of pyridine rings is 1. The van der Waals surface area contributed by atoms with Crippen molar-refractivity contribution in [2.45, 2.75) is 13.8 Å². The molecule has 0 unspecified atom stereocenters. The number of para-hydroxylation sites is 3. The highest BCUT2D eigenvalue weighted by Crippen LogP contribution is 2.39. The van der Waals surface area contributed by atoms with Gasteiger partial charge in [0.15, 0.2) is 0 Å². The maximum absolute atomic E-state index is 5.16. The summed E-state index contributed by atoms with van der Waals surface area (Å²) in [5, 5.41) is 0. The molecule has 3 heterocycles. The minimum absolute atomic E-state index is 0.773. The van der Waals surface area contributed by atoms with Gasteiger partial charge in [0.1, 0.15) is 11.6 Å². The van der Waals surface area contributed by atoms with Crippen LogP contribution in [0.1, 0.15) is 11.1 Å². The van der Waals surface area contributed by atoms with Crippen molar-refractivity contribution in [2.75, 3.05) is 23.5 Å². The highest BCUT2D eigenvalue weighted by Gasteiger charge is 2.25. The molecule has 0 N–H and O–H groups in total. The summed E-state index contributed by atoms with van der Waals surface area (Å²) in [4.78, 5) is 14.8. The topological polar surface area (TPSA) is 37.2 Å². The summed E-state index contributed by atoms with van der Waals surface area (Å²) in [6.07, 6.45) is 0. The Kier molecular flexibility index (Phi) is 5.44. The molecule has 0 spiro atoms. The predicted octanol–water partition coefficient (Wildman–Crippen LogP) is 7.92. The molecule has 5 nitrogen and oxygen atoms in total. The Labute approximate surface area is 228 Å². The Balaban J connectivity index is 1.39. The van der Waals surface area contributed by atoms with Gasteiger partial charge in [-0.25, -0.2) is 9.97 Å². The van der Waals surface area contributed by atoms with E-state index in [1.165, 1.54) is 28.1 Å². The van der Waals surface area contributed by atoms with Gasteiger partial charge in [-0.2, -0.15) is 0 Å². The minimum Gasteiger partial charge on any atom is -0.355 e. The monoisotopic (exact) mass is 507 g/mol. The Morgan fingerprint density at radius 3 is 2.18 bits per heavy atom. The second-order valence-corrected chi connectivity index (χ2v) is 10.2. The second-order valence-electron chi connectivity index (χ2n) is 10.2. The molecule has 0 saturated heterocycles. The number of hydrogen-bond donors (Lipinski definition) is 0. The predicted molar refractivity (Wildman–Crippen MR) is 161 cm³/mol. The standard InChI is InChI=1S/C34H29N5/c1-23-11-9-12-24(2)33(23)34-36-28-20-19-25(21-31(28)39(34)26-13-5-4-6-14-26)27-15-10-18-32(35-27)38-22-37(3)29-16-7-8-17-30(29)38/h4-21H,22H2,1-3H3. The van der Waals surface area contributed by atoms with Crippen molar-refractivity contribution in [3.05, 3.63) is 120 Å². The summed E-state index contributed by atoms with van der Waals surface area (Å²) in [6.45, 7) is 5.09. The smallest absolute Gasteiger partial charge is 0.146 e. The number of benzene rings is 4. The molecule has 0 radical (unpaired) electrons. The van der Waals surface area contributed by atoms with Gasteiger partial charge in [-0.3, -0.25) is 4.57 Å². The Hall–Kier alpha value is -4.90. The van der Waals surface area contributed by atoms with E-state index < -0.39 is 0 Å². The zero-order chi connectivity index (χ0) is 26.5. The van der Waals surface area contributed by atoms with Gasteiger partial charge < -0.3 is 9.80 Å². The van der Waals surface area contributed by atoms with Crippen LogP contribution in [0.15, 0.2) is 109 Å². The van der Waals surface area contributed by atoms with Crippen molar-refractivity contribution in [3.8, 4) is 28.3 Å². The summed E-state index contributed by atoms with van der Waals surface area (Å²) in [7, 11) is 2.12. The molecule has 0 amide bonds. The van der Waals surface area contributed by atoms with E-state index >= 15 is 0 Å². The van der Waals surface area contributed by atoms with E-state index in [1.54, 1.807) is 0 Å². The first-order valence-electron chi connectivity index (χ1n) is 13.3. The minimum atomic E-state index is 0.773. The largest absolute Gasteiger partial charge is 0.355 e. The number of fused-ring (bicyclic) bond motifs is 2. The van der Waals surface area contributed by atoms with Gasteiger partial charge in [0, 0.05) is 23.9 Å². The van der Waals surface area contributed by atoms with Crippen LogP contribution < -0.4 is 9.80 Å². The lowest BCUT2D eigenvalue weighted by Gasteiger charge is -2.19. The lowest BCUT2D eigenvalue weighted by Crippen LogP contribution is -2.24. The van der Waals surface area contributed by atoms with E-state index in [2.05, 4.69) is 144 Å². The SMILES string of the molecule is Cc1cccc(C)c1-c1nc2ccc(-c3cccc(N4CN(C)c5ccccc54)n3)cc2n1-c1ccccc1. The van der Waals surface area contributed by atoms with Crippen molar-refractivity contribution in [3.63, 3.8) is 0 Å². The zero-order valence-electron chi connectivity index (χ0n) is 22.3. The number of aromatic nitrogens is 3. The molecule has 6 aromatic rings. The molecular formula is C34H29N5. The molecule has 39 heavy (non-hydrogen) atoms. The van der Waals surface area contributed by atoms with Gasteiger partial charge in [0.25, 0.3) is 0 Å². The van der Waals surface area contributed by atoms with Crippen molar-refractivity contribution >= 4 is 28.2 Å². The average Bonchev–Trinajstić information content (AvgIpc) is 3.51. The summed E-state index contributed by atoms with van der Waals surface area (Å²) in [6, 6.07) is 38.2. The van der Waals surface area contributed by atoms with Crippen molar-refractivity contribution < 1.29 is 0 Å². The number of imidazole rings is 1. The highest BCUT2D eigenvalue weighted by molar-refractivity contribution is 5.88. The van der Waals surface area contributed by atoms with Crippen LogP contribution in [0.3, 0.4) is 0 Å². The molecule has 0 bridgehead atoms. The molecule has 0 saturated carbocycles. The van der Waals surface area contributed by atoms with E-state index in [1.807, 2.05) is 0 Å². The molecule has 4 aromatic carbocycles. The van der Waals surface area contributed by atoms with E-state index in [0.29, 0.717) is 0 Å². The van der Waals surface area contributed by atoms with Crippen LogP contribution in [0.5, 0.6) is 0 Å². The van der Waals surface area contributed by atoms with Gasteiger partial charge in [0.05, 0.1) is 34.8 Å². The second kappa shape index (κ2) is 9.14. The Morgan fingerprint density at radius 2 is 1.38 bits per heavy atom. The van der Waals surface area contributed by atoms with Crippen LogP contribution >= 0.6 is 0 Å². The lowest BCUT2D eigenvalue weighted by atomic mass is 10.0. The van der Waals surface area contributed by atoms with Crippen molar-refractivity contribution in [2.24, 2.45) is 0 Å². The van der Waals surface area contributed by atoms with E-state index in [-0.39, 0.29) is 0 Å².